The van der Waals surface area contributed by atoms with Crippen LogP contribution in [0.3, 0.4) is 0 Å². The van der Waals surface area contributed by atoms with Crippen molar-refractivity contribution in [1.82, 2.24) is 4.44 Å². The van der Waals surface area contributed by atoms with Gasteiger partial charge in [0.2, 0.25) is 0 Å². The average molecular weight is 606 g/mol. The van der Waals surface area contributed by atoms with Crippen molar-refractivity contribution in [3.63, 3.8) is 0 Å². The molecule has 0 unspecified atom stereocenters. The predicted molar refractivity (Wildman–Crippen MR) is 192 cm³/mol. The zero-order valence-corrected chi connectivity index (χ0v) is 26.9. The minimum absolute atomic E-state index is 0.510. The van der Waals surface area contributed by atoms with E-state index in [1.807, 2.05) is 0 Å². The number of nitrogens with zero attached hydrogens (tertiary/aromatic N) is 1. The number of hydrogen-bond acceptors (Lipinski definition) is 1. The van der Waals surface area contributed by atoms with Crippen LogP contribution in [0.15, 0.2) is 170 Å². The van der Waals surface area contributed by atoms with Crippen molar-refractivity contribution >= 4 is 26.8 Å². The Bertz CT molecular complexity index is 1630. The Balaban J connectivity index is 1.28. The molecule has 0 saturated carbocycles. The third-order valence-electron chi connectivity index (χ3n) is 8.78. The van der Waals surface area contributed by atoms with E-state index in [4.69, 9.17) is 0 Å². The molecule has 1 saturated heterocycles. The van der Waals surface area contributed by atoms with Gasteiger partial charge in [-0.15, -0.1) is 0 Å². The van der Waals surface area contributed by atoms with Crippen molar-refractivity contribution in [2.75, 3.05) is 7.05 Å². The van der Waals surface area contributed by atoms with E-state index in [0.717, 1.165) is 0 Å². The fourth-order valence-corrected chi connectivity index (χ4v) is 13.7. The van der Waals surface area contributed by atoms with Crippen molar-refractivity contribution in [3.05, 3.63) is 181 Å². The Morgan fingerprint density at radius 3 is 1.11 bits per heavy atom. The van der Waals surface area contributed by atoms with Crippen molar-refractivity contribution in [3.8, 4) is 22.3 Å². The first-order valence-electron chi connectivity index (χ1n) is 15.5. The Labute approximate surface area is 264 Å². The number of benzene rings is 6. The molecular weight excluding hydrogens is 568 g/mol. The first kappa shape index (κ1) is 28.9. The monoisotopic (exact) mass is 605 g/mol. The van der Waals surface area contributed by atoms with Crippen LogP contribution in [0.1, 0.15) is 35.3 Å². The van der Waals surface area contributed by atoms with E-state index in [-0.39, 0.29) is 0 Å². The van der Waals surface area contributed by atoms with E-state index in [0.29, 0.717) is 11.3 Å². The van der Waals surface area contributed by atoms with E-state index in [9.17, 15) is 0 Å². The Morgan fingerprint density at radius 2 is 0.750 bits per heavy atom. The zero-order chi connectivity index (χ0) is 29.7. The summed E-state index contributed by atoms with van der Waals surface area (Å²) in [6.07, 6.45) is 2.41. The minimum Gasteiger partial charge on any atom is -0.254 e. The summed E-state index contributed by atoms with van der Waals surface area (Å²) in [4.78, 5) is 0. The maximum atomic E-state index is 2.81. The molecule has 7 rings (SSSR count). The van der Waals surface area contributed by atoms with Gasteiger partial charge in [0.1, 0.15) is 0 Å². The van der Waals surface area contributed by atoms with Gasteiger partial charge in [-0.2, -0.15) is 0 Å². The lowest BCUT2D eigenvalue weighted by atomic mass is 9.99. The first-order chi connectivity index (χ1) is 21.8. The minimum atomic E-state index is -0.680. The van der Waals surface area contributed by atoms with Crippen molar-refractivity contribution in [2.45, 2.75) is 24.2 Å². The molecule has 0 N–H and O–H groups in total. The summed E-state index contributed by atoms with van der Waals surface area (Å²) in [6.45, 7) is 0. The molecule has 1 aliphatic heterocycles. The normalized spacial score (nSPS) is 16.9. The van der Waals surface area contributed by atoms with E-state index in [1.165, 1.54) is 56.8 Å². The van der Waals surface area contributed by atoms with Crippen LogP contribution >= 0.6 is 16.1 Å². The molecule has 6 aromatic rings. The standard InChI is InChI=1S/C41H37NP2/c1-42(43(38-18-10-4-11-19-38)39-20-12-5-13-21-39)44-40(36-26-22-34(23-27-36)32-14-6-2-7-15-32)30-31-41(44)37-28-24-35(25-29-37)33-16-8-3-9-17-33/h2-29,40-41H,30-31H2,1H3/t40-,41-/m0/s1. The lowest BCUT2D eigenvalue weighted by molar-refractivity contribution is 0.765. The van der Waals surface area contributed by atoms with Gasteiger partial charge < -0.3 is 0 Å². The van der Waals surface area contributed by atoms with Gasteiger partial charge in [-0.3, -0.25) is 4.44 Å². The molecule has 44 heavy (non-hydrogen) atoms. The average Bonchev–Trinajstić information content (AvgIpc) is 3.56. The summed E-state index contributed by atoms with van der Waals surface area (Å²) in [5.41, 5.74) is 9.09. The molecule has 0 amide bonds. The van der Waals surface area contributed by atoms with Gasteiger partial charge in [0, 0.05) is 19.4 Å². The van der Waals surface area contributed by atoms with Crippen LogP contribution in [0, 0.1) is 0 Å². The summed E-state index contributed by atoms with van der Waals surface area (Å²) in [5, 5.41) is 2.84. The van der Waals surface area contributed by atoms with Gasteiger partial charge >= 0.3 is 0 Å². The molecule has 216 valence electrons. The Morgan fingerprint density at radius 1 is 0.432 bits per heavy atom. The molecule has 1 nitrogen and oxygen atoms in total. The largest absolute Gasteiger partial charge is 0.254 e. The second-order valence-electron chi connectivity index (χ2n) is 11.4. The maximum absolute atomic E-state index is 2.81. The van der Waals surface area contributed by atoms with Gasteiger partial charge in [-0.05, 0) is 72.0 Å². The topological polar surface area (TPSA) is 3.24 Å². The van der Waals surface area contributed by atoms with Crippen molar-refractivity contribution < 1.29 is 0 Å². The van der Waals surface area contributed by atoms with E-state index >= 15 is 0 Å². The van der Waals surface area contributed by atoms with E-state index < -0.39 is 16.1 Å². The molecule has 6 aromatic carbocycles. The highest BCUT2D eigenvalue weighted by Crippen LogP contribution is 2.75. The van der Waals surface area contributed by atoms with Crippen LogP contribution in [0.4, 0.5) is 0 Å². The van der Waals surface area contributed by atoms with Crippen LogP contribution in [-0.2, 0) is 0 Å². The summed E-state index contributed by atoms with van der Waals surface area (Å²) >= 11 is 0. The maximum Gasteiger partial charge on any atom is 0.0315 e. The Kier molecular flexibility index (Phi) is 8.81. The van der Waals surface area contributed by atoms with Crippen molar-refractivity contribution in [1.29, 1.82) is 0 Å². The summed E-state index contributed by atoms with van der Waals surface area (Å²) in [7, 11) is 1.20. The molecule has 0 spiro atoms. The van der Waals surface area contributed by atoms with E-state index in [1.54, 1.807) is 0 Å². The van der Waals surface area contributed by atoms with Gasteiger partial charge in [-0.25, -0.2) is 0 Å². The van der Waals surface area contributed by atoms with Crippen LogP contribution in [-0.4, -0.2) is 11.5 Å². The van der Waals surface area contributed by atoms with Gasteiger partial charge in [0.25, 0.3) is 0 Å². The van der Waals surface area contributed by atoms with Gasteiger partial charge in [0.05, 0.1) is 0 Å². The molecule has 0 radical (unpaired) electrons. The lowest BCUT2D eigenvalue weighted by Crippen LogP contribution is -2.24. The van der Waals surface area contributed by atoms with Crippen LogP contribution in [0.2, 0.25) is 0 Å². The number of hydrogen-bond donors (Lipinski definition) is 0. The smallest absolute Gasteiger partial charge is 0.0315 e. The first-order valence-corrected chi connectivity index (χ1v) is 18.2. The van der Waals surface area contributed by atoms with Crippen LogP contribution in [0.5, 0.6) is 0 Å². The zero-order valence-electron chi connectivity index (χ0n) is 25.1. The van der Waals surface area contributed by atoms with Crippen LogP contribution in [0.25, 0.3) is 22.3 Å². The van der Waals surface area contributed by atoms with Crippen molar-refractivity contribution in [2.24, 2.45) is 0 Å². The molecule has 2 atom stereocenters. The highest BCUT2D eigenvalue weighted by molar-refractivity contribution is 7.79. The molecule has 1 heterocycles. The molecule has 0 bridgehead atoms. The molecule has 1 aliphatic rings. The lowest BCUT2D eigenvalue weighted by Gasteiger charge is -2.40. The quantitative estimate of drug-likeness (QED) is 0.156. The molecule has 0 aliphatic carbocycles. The molecule has 1 fully saturated rings. The van der Waals surface area contributed by atoms with E-state index in [2.05, 4.69) is 181 Å². The summed E-state index contributed by atoms with van der Waals surface area (Å²) in [6, 6.07) is 62.8. The molecule has 0 aromatic heterocycles. The molecular formula is C41H37NP2. The van der Waals surface area contributed by atoms with Gasteiger partial charge in [0.15, 0.2) is 0 Å². The highest BCUT2D eigenvalue weighted by Gasteiger charge is 2.42. The van der Waals surface area contributed by atoms with Gasteiger partial charge in [-0.1, -0.05) is 170 Å². The fourth-order valence-electron chi connectivity index (χ4n) is 6.62. The summed E-state index contributed by atoms with van der Waals surface area (Å²) in [5.74, 6) is 0. The molecule has 3 heteroatoms. The summed E-state index contributed by atoms with van der Waals surface area (Å²) < 4.78 is 2.81. The number of rotatable bonds is 8. The highest BCUT2D eigenvalue weighted by atomic mass is 31.2. The third kappa shape index (κ3) is 6.06. The predicted octanol–water partition coefficient (Wildman–Crippen LogP) is 11.0. The Hall–Kier alpha value is -3.86. The second kappa shape index (κ2) is 13.4. The fraction of sp³-hybridized carbons (Fsp3) is 0.122. The third-order valence-corrected chi connectivity index (χ3v) is 15.2. The SMILES string of the molecule is CN(P(c1ccccc1)c1ccccc1)P1[C@H](c2ccc(-c3ccccc3)cc2)CC[C@H]1c1ccc(-c2ccccc2)cc1. The van der Waals surface area contributed by atoms with Crippen LogP contribution < -0.4 is 10.6 Å². The second-order valence-corrected chi connectivity index (χ2v) is 16.6.